The van der Waals surface area contributed by atoms with Gasteiger partial charge in [0.25, 0.3) is 0 Å². The van der Waals surface area contributed by atoms with Crippen molar-refractivity contribution in [2.45, 2.75) is 47.7 Å². The van der Waals surface area contributed by atoms with E-state index < -0.39 is 47.1 Å². The maximum absolute atomic E-state index is 12.5. The van der Waals surface area contributed by atoms with Crippen LogP contribution in [0.2, 0.25) is 0 Å². The van der Waals surface area contributed by atoms with E-state index in [1.807, 2.05) is 60.7 Å². The number of carbonyl (C=O) groups excluding carboxylic acids is 1. The van der Waals surface area contributed by atoms with Crippen molar-refractivity contribution in [1.82, 2.24) is 5.32 Å². The van der Waals surface area contributed by atoms with Crippen molar-refractivity contribution in [3.05, 3.63) is 84.4 Å². The number of hydrogen-bond donors (Lipinski definition) is 2. The Labute approximate surface area is 231 Å². The van der Waals surface area contributed by atoms with Gasteiger partial charge in [0.05, 0.1) is 26.4 Å². The summed E-state index contributed by atoms with van der Waals surface area (Å²) in [6, 6.07) is 18.0. The molecule has 0 aliphatic carbocycles. The molecule has 11 heteroatoms. The molecule has 0 saturated carbocycles. The first kappa shape index (κ1) is 29.7. The molecule has 1 amide bonds. The average Bonchev–Trinajstić information content (AvgIpc) is 2.88. The monoisotopic (exact) mass is 573 g/mol. The van der Waals surface area contributed by atoms with Gasteiger partial charge in [0, 0.05) is 0 Å². The molecule has 8 nitrogen and oxygen atoms in total. The first-order chi connectivity index (χ1) is 17.8. The van der Waals surface area contributed by atoms with Crippen LogP contribution >= 0.6 is 34.8 Å². The number of aliphatic hydroxyl groups excluding tert-OH is 1. The van der Waals surface area contributed by atoms with Crippen molar-refractivity contribution in [3.63, 3.8) is 0 Å². The van der Waals surface area contributed by atoms with Crippen LogP contribution in [0.5, 0.6) is 0 Å². The number of carbonyl (C=O) groups is 1. The Morgan fingerprint density at radius 3 is 2.24 bits per heavy atom. The van der Waals surface area contributed by atoms with Crippen LogP contribution < -0.4 is 5.32 Å². The van der Waals surface area contributed by atoms with Gasteiger partial charge in [-0.15, -0.1) is 6.58 Å². The number of hydrogen-bond acceptors (Lipinski definition) is 7. The lowest BCUT2D eigenvalue weighted by molar-refractivity contribution is -0.278. The number of amides is 1. The summed E-state index contributed by atoms with van der Waals surface area (Å²) in [5.74, 6) is 0. The number of aliphatic hydroxyl groups is 1. The minimum atomic E-state index is -1.79. The maximum atomic E-state index is 12.5. The van der Waals surface area contributed by atoms with Crippen LogP contribution in [0.3, 0.4) is 0 Å². The van der Waals surface area contributed by atoms with Gasteiger partial charge in [0.15, 0.2) is 6.29 Å². The Morgan fingerprint density at radius 2 is 1.65 bits per heavy atom. The highest BCUT2D eigenvalue weighted by molar-refractivity contribution is 6.67. The van der Waals surface area contributed by atoms with E-state index in [1.165, 1.54) is 6.08 Å². The number of alkyl halides is 3. The molecule has 1 heterocycles. The topological polar surface area (TPSA) is 95.5 Å². The van der Waals surface area contributed by atoms with Crippen LogP contribution in [0, 0.1) is 0 Å². The number of benzene rings is 2. The third-order valence-electron chi connectivity index (χ3n) is 5.38. The molecule has 0 spiro atoms. The first-order valence-corrected chi connectivity index (χ1v) is 12.7. The zero-order valence-electron chi connectivity index (χ0n) is 20.0. The Balaban J connectivity index is 1.75. The van der Waals surface area contributed by atoms with Gasteiger partial charge in [-0.25, -0.2) is 4.79 Å². The van der Waals surface area contributed by atoms with Gasteiger partial charge in [0.1, 0.15) is 31.0 Å². The fourth-order valence-electron chi connectivity index (χ4n) is 3.67. The van der Waals surface area contributed by atoms with Gasteiger partial charge < -0.3 is 34.1 Å². The second kappa shape index (κ2) is 14.9. The Bertz CT molecular complexity index is 962. The zero-order chi connectivity index (χ0) is 26.7. The van der Waals surface area contributed by atoms with Crippen molar-refractivity contribution < 1.29 is 33.6 Å². The van der Waals surface area contributed by atoms with Gasteiger partial charge in [-0.1, -0.05) is 102 Å². The molecule has 1 saturated heterocycles. The Morgan fingerprint density at radius 1 is 1.03 bits per heavy atom. The van der Waals surface area contributed by atoms with Gasteiger partial charge in [-0.3, -0.25) is 0 Å². The van der Waals surface area contributed by atoms with Crippen molar-refractivity contribution >= 4 is 40.9 Å². The minimum absolute atomic E-state index is 0.0552. The van der Waals surface area contributed by atoms with Crippen LogP contribution in [0.15, 0.2) is 73.3 Å². The summed E-state index contributed by atoms with van der Waals surface area (Å²) in [6.45, 7) is 3.83. The van der Waals surface area contributed by atoms with E-state index >= 15 is 0 Å². The quantitative estimate of drug-likeness (QED) is 0.284. The molecule has 1 fully saturated rings. The van der Waals surface area contributed by atoms with Crippen LogP contribution in [0.25, 0.3) is 0 Å². The second-order valence-corrected chi connectivity index (χ2v) is 10.8. The molecule has 2 aromatic carbocycles. The zero-order valence-corrected chi connectivity index (χ0v) is 22.3. The number of alkyl carbamates (subject to hydrolysis) is 1. The summed E-state index contributed by atoms with van der Waals surface area (Å²) < 4.78 is 26.9. The van der Waals surface area contributed by atoms with E-state index in [0.717, 1.165) is 11.1 Å². The summed E-state index contributed by atoms with van der Waals surface area (Å²) in [5.41, 5.74) is 1.85. The largest absolute Gasteiger partial charge is 0.445 e. The molecule has 1 aliphatic heterocycles. The lowest BCUT2D eigenvalue weighted by Crippen LogP contribution is -2.65. The Hall–Kier alpha value is -1.88. The molecular weight excluding hydrogens is 545 g/mol. The fourth-order valence-corrected chi connectivity index (χ4v) is 3.84. The molecule has 0 aromatic heterocycles. The molecule has 1 aliphatic rings. The number of nitrogens with one attached hydrogen (secondary N) is 1. The predicted octanol–water partition coefficient (Wildman–Crippen LogP) is 4.54. The van der Waals surface area contributed by atoms with E-state index in [-0.39, 0.29) is 19.8 Å². The number of halogens is 3. The summed E-state index contributed by atoms with van der Waals surface area (Å²) >= 11 is 17.1. The number of ether oxygens (including phenoxy) is 5. The van der Waals surface area contributed by atoms with E-state index in [2.05, 4.69) is 11.9 Å². The molecule has 202 valence electrons. The highest BCUT2D eigenvalue weighted by Gasteiger charge is 2.47. The summed E-state index contributed by atoms with van der Waals surface area (Å²) in [6.07, 6.45) is -3.32. The second-order valence-electron chi connectivity index (χ2n) is 8.28. The molecule has 2 aromatic rings. The number of rotatable bonds is 12. The maximum Gasteiger partial charge on any atom is 0.407 e. The van der Waals surface area contributed by atoms with Crippen LogP contribution in [0.4, 0.5) is 4.79 Å². The first-order valence-electron chi connectivity index (χ1n) is 11.6. The van der Waals surface area contributed by atoms with E-state index in [9.17, 15) is 9.90 Å². The van der Waals surface area contributed by atoms with Gasteiger partial charge in [0.2, 0.25) is 3.79 Å². The molecule has 2 N–H and O–H groups in total. The van der Waals surface area contributed by atoms with Gasteiger partial charge >= 0.3 is 6.09 Å². The van der Waals surface area contributed by atoms with Crippen molar-refractivity contribution in [2.75, 3.05) is 19.8 Å². The highest BCUT2D eigenvalue weighted by atomic mass is 35.6. The van der Waals surface area contributed by atoms with Crippen LogP contribution in [0.1, 0.15) is 11.1 Å². The Kier molecular flexibility index (Phi) is 11.9. The third-order valence-corrected chi connectivity index (χ3v) is 5.71. The summed E-state index contributed by atoms with van der Waals surface area (Å²) in [5, 5.41) is 13.9. The molecule has 37 heavy (non-hydrogen) atoms. The van der Waals surface area contributed by atoms with Gasteiger partial charge in [-0.2, -0.15) is 0 Å². The fraction of sp³-hybridized carbons (Fsp3) is 0.423. The normalized spacial score (nSPS) is 23.8. The predicted molar refractivity (Wildman–Crippen MR) is 140 cm³/mol. The SMILES string of the molecule is C=CCO[C@H]1O[C@H](COCc2ccccc2)[C@@H](O)[C@H](OCc2ccccc2)[C@@H]1NC(=O)OCC(Cl)(Cl)Cl. The van der Waals surface area contributed by atoms with Crippen molar-refractivity contribution in [3.8, 4) is 0 Å². The molecule has 0 radical (unpaired) electrons. The van der Waals surface area contributed by atoms with Crippen molar-refractivity contribution in [2.24, 2.45) is 0 Å². The molecule has 3 rings (SSSR count). The summed E-state index contributed by atoms with van der Waals surface area (Å²) in [7, 11) is 0. The van der Waals surface area contributed by atoms with Crippen LogP contribution in [-0.4, -0.2) is 65.5 Å². The molecule has 5 atom stereocenters. The van der Waals surface area contributed by atoms with E-state index in [4.69, 9.17) is 58.5 Å². The molecular formula is C26H30Cl3NO7. The van der Waals surface area contributed by atoms with E-state index in [0.29, 0.717) is 6.61 Å². The lowest BCUT2D eigenvalue weighted by Gasteiger charge is -2.44. The van der Waals surface area contributed by atoms with Crippen molar-refractivity contribution in [1.29, 1.82) is 0 Å². The molecule has 0 bridgehead atoms. The van der Waals surface area contributed by atoms with Crippen LogP contribution in [-0.2, 0) is 36.9 Å². The molecule has 0 unspecified atom stereocenters. The summed E-state index contributed by atoms with van der Waals surface area (Å²) in [4.78, 5) is 12.5. The lowest BCUT2D eigenvalue weighted by atomic mass is 9.96. The highest BCUT2D eigenvalue weighted by Crippen LogP contribution is 2.28. The average molecular weight is 575 g/mol. The van der Waals surface area contributed by atoms with E-state index in [1.54, 1.807) is 0 Å². The standard InChI is InChI=1S/C26H30Cl3NO7/c1-2-13-34-24-21(30-25(32)36-17-26(27,28)29)23(35-15-19-11-7-4-8-12-19)22(31)20(37-24)16-33-14-18-9-5-3-6-10-18/h2-12,20-24,31H,1,13-17H2,(H,30,32)/t20-,21+,22-,23-,24+/m1/s1. The third kappa shape index (κ3) is 10.1. The smallest absolute Gasteiger partial charge is 0.407 e. The van der Waals surface area contributed by atoms with Gasteiger partial charge in [-0.05, 0) is 11.1 Å². The minimum Gasteiger partial charge on any atom is -0.445 e.